The Labute approximate surface area is 109 Å². The molecule has 17 heavy (non-hydrogen) atoms. The smallest absolute Gasteiger partial charge is 0.134 e. The lowest BCUT2D eigenvalue weighted by atomic mass is 10.4. The predicted octanol–water partition coefficient (Wildman–Crippen LogP) is 2.57. The molecular weight excluding hydrogens is 256 g/mol. The molecule has 0 aliphatic heterocycles. The molecule has 2 heterocycles. The fourth-order valence-corrected chi connectivity index (χ4v) is 2.30. The van der Waals surface area contributed by atoms with Crippen LogP contribution in [-0.2, 0) is 6.42 Å². The van der Waals surface area contributed by atoms with E-state index in [0.717, 1.165) is 23.8 Å². The van der Waals surface area contributed by atoms with Crippen LogP contribution in [0.3, 0.4) is 0 Å². The number of rotatable bonds is 4. The van der Waals surface area contributed by atoms with Gasteiger partial charge in [-0.3, -0.25) is 0 Å². The van der Waals surface area contributed by atoms with Gasteiger partial charge in [-0.1, -0.05) is 11.6 Å². The Morgan fingerprint density at radius 1 is 1.41 bits per heavy atom. The van der Waals surface area contributed by atoms with Gasteiger partial charge in [0.1, 0.15) is 16.8 Å². The van der Waals surface area contributed by atoms with Crippen LogP contribution in [0.15, 0.2) is 17.6 Å². The first-order valence-corrected chi connectivity index (χ1v) is 6.51. The summed E-state index contributed by atoms with van der Waals surface area (Å²) in [5.74, 6) is 1.53. The summed E-state index contributed by atoms with van der Waals surface area (Å²) in [7, 11) is 1.99. The summed E-state index contributed by atoms with van der Waals surface area (Å²) >= 11 is 7.58. The Hall–Kier alpha value is -1.20. The van der Waals surface area contributed by atoms with E-state index < -0.39 is 0 Å². The molecule has 6 heteroatoms. The highest BCUT2D eigenvalue weighted by Crippen LogP contribution is 2.15. The Kier molecular flexibility index (Phi) is 3.91. The molecule has 0 spiro atoms. The van der Waals surface area contributed by atoms with Crippen molar-refractivity contribution in [2.24, 2.45) is 0 Å². The van der Waals surface area contributed by atoms with Crippen LogP contribution in [0.1, 0.15) is 10.8 Å². The highest BCUT2D eigenvalue weighted by atomic mass is 35.5. The second-order valence-electron chi connectivity index (χ2n) is 3.69. The summed E-state index contributed by atoms with van der Waals surface area (Å²) in [5.41, 5.74) is 0. The van der Waals surface area contributed by atoms with E-state index in [-0.39, 0.29) is 0 Å². The number of anilines is 1. The largest absolute Gasteiger partial charge is 0.359 e. The number of halogens is 1. The zero-order valence-electron chi connectivity index (χ0n) is 9.72. The van der Waals surface area contributed by atoms with E-state index >= 15 is 0 Å². The molecule has 0 saturated heterocycles. The molecule has 2 rings (SSSR count). The number of hydrogen-bond acceptors (Lipinski definition) is 5. The lowest BCUT2D eigenvalue weighted by Crippen LogP contribution is -2.21. The first-order chi connectivity index (χ1) is 8.15. The minimum atomic E-state index is 0.480. The first-order valence-electron chi connectivity index (χ1n) is 5.26. The van der Waals surface area contributed by atoms with Gasteiger partial charge in [0.15, 0.2) is 0 Å². The number of aromatic nitrogens is 3. The summed E-state index contributed by atoms with van der Waals surface area (Å²) in [4.78, 5) is 14.7. The third-order valence-corrected chi connectivity index (χ3v) is 3.36. The van der Waals surface area contributed by atoms with Gasteiger partial charge >= 0.3 is 0 Å². The summed E-state index contributed by atoms with van der Waals surface area (Å²) in [6, 6.07) is 1.77. The van der Waals surface area contributed by atoms with Gasteiger partial charge in [-0.15, -0.1) is 11.3 Å². The molecule has 0 unspecified atom stereocenters. The Morgan fingerprint density at radius 3 is 2.88 bits per heavy atom. The highest BCUT2D eigenvalue weighted by Gasteiger charge is 2.06. The molecule has 0 aliphatic rings. The lowest BCUT2D eigenvalue weighted by molar-refractivity contribution is 0.843. The van der Waals surface area contributed by atoms with Crippen molar-refractivity contribution in [1.29, 1.82) is 0 Å². The summed E-state index contributed by atoms with van der Waals surface area (Å²) in [5, 5.41) is 3.60. The molecule has 2 aromatic heterocycles. The third kappa shape index (κ3) is 3.38. The minimum absolute atomic E-state index is 0.480. The van der Waals surface area contributed by atoms with E-state index in [2.05, 4.69) is 19.9 Å². The topological polar surface area (TPSA) is 41.9 Å². The van der Waals surface area contributed by atoms with Gasteiger partial charge in [0.25, 0.3) is 0 Å². The molecule has 4 nitrogen and oxygen atoms in total. The van der Waals surface area contributed by atoms with E-state index in [1.807, 2.05) is 25.5 Å². The van der Waals surface area contributed by atoms with E-state index in [4.69, 9.17) is 11.6 Å². The molecular formula is C11H13ClN4S. The fraction of sp³-hybridized carbons (Fsp3) is 0.364. The molecule has 90 valence electrons. The van der Waals surface area contributed by atoms with E-state index in [0.29, 0.717) is 11.0 Å². The van der Waals surface area contributed by atoms with Gasteiger partial charge in [0, 0.05) is 37.7 Å². The van der Waals surface area contributed by atoms with Crippen molar-refractivity contribution in [3.63, 3.8) is 0 Å². The molecule has 0 atom stereocenters. The van der Waals surface area contributed by atoms with Crippen LogP contribution in [0.4, 0.5) is 5.82 Å². The zero-order chi connectivity index (χ0) is 12.3. The molecule has 2 aromatic rings. The van der Waals surface area contributed by atoms with Crippen molar-refractivity contribution in [2.75, 3.05) is 18.5 Å². The van der Waals surface area contributed by atoms with E-state index in [1.165, 1.54) is 0 Å². The number of likely N-dealkylation sites (N-methyl/N-ethyl adjacent to an activating group) is 1. The second-order valence-corrected chi connectivity index (χ2v) is 5.06. The number of aryl methyl sites for hydroxylation is 1. The molecule has 0 bridgehead atoms. The van der Waals surface area contributed by atoms with Crippen molar-refractivity contribution < 1.29 is 0 Å². The van der Waals surface area contributed by atoms with Crippen LogP contribution in [0.2, 0.25) is 5.15 Å². The molecule has 0 radical (unpaired) electrons. The SMILES string of the molecule is Cc1nc(Cl)cc(N(C)CCc2nccs2)n1. The lowest BCUT2D eigenvalue weighted by Gasteiger charge is -2.17. The predicted molar refractivity (Wildman–Crippen MR) is 70.9 cm³/mol. The quantitative estimate of drug-likeness (QED) is 0.800. The summed E-state index contributed by atoms with van der Waals surface area (Å²) < 4.78 is 0. The first kappa shape index (κ1) is 12.3. The van der Waals surface area contributed by atoms with Crippen molar-refractivity contribution in [3.05, 3.63) is 33.6 Å². The maximum Gasteiger partial charge on any atom is 0.134 e. The second kappa shape index (κ2) is 5.42. The normalized spacial score (nSPS) is 10.5. The van der Waals surface area contributed by atoms with Crippen LogP contribution >= 0.6 is 22.9 Å². The van der Waals surface area contributed by atoms with Crippen molar-refractivity contribution >= 4 is 28.8 Å². The Balaban J connectivity index is 2.01. The van der Waals surface area contributed by atoms with Crippen molar-refractivity contribution in [3.8, 4) is 0 Å². The molecule has 0 N–H and O–H groups in total. The van der Waals surface area contributed by atoms with Crippen LogP contribution in [0.5, 0.6) is 0 Å². The van der Waals surface area contributed by atoms with Gasteiger partial charge < -0.3 is 4.90 Å². The maximum absolute atomic E-state index is 5.91. The zero-order valence-corrected chi connectivity index (χ0v) is 11.3. The average Bonchev–Trinajstić information content (AvgIpc) is 2.77. The van der Waals surface area contributed by atoms with Crippen molar-refractivity contribution in [1.82, 2.24) is 15.0 Å². The van der Waals surface area contributed by atoms with E-state index in [1.54, 1.807) is 17.4 Å². The highest BCUT2D eigenvalue weighted by molar-refractivity contribution is 7.09. The van der Waals surface area contributed by atoms with Crippen LogP contribution < -0.4 is 4.90 Å². The molecule has 0 saturated carbocycles. The van der Waals surface area contributed by atoms with Crippen LogP contribution in [0.25, 0.3) is 0 Å². The maximum atomic E-state index is 5.91. The fourth-order valence-electron chi connectivity index (χ4n) is 1.47. The van der Waals surface area contributed by atoms with Gasteiger partial charge in [-0.2, -0.15) is 0 Å². The van der Waals surface area contributed by atoms with Gasteiger partial charge in [0.2, 0.25) is 0 Å². The minimum Gasteiger partial charge on any atom is -0.359 e. The Bertz CT molecular complexity index is 466. The number of hydrogen-bond donors (Lipinski definition) is 0. The van der Waals surface area contributed by atoms with Gasteiger partial charge in [-0.05, 0) is 6.92 Å². The van der Waals surface area contributed by atoms with E-state index in [9.17, 15) is 0 Å². The molecule has 0 fully saturated rings. The molecule has 0 aromatic carbocycles. The number of thiazole rings is 1. The Morgan fingerprint density at radius 2 is 2.24 bits per heavy atom. The summed E-state index contributed by atoms with van der Waals surface area (Å²) in [6.07, 6.45) is 2.74. The van der Waals surface area contributed by atoms with Crippen LogP contribution in [-0.4, -0.2) is 28.5 Å². The molecule has 0 aliphatic carbocycles. The monoisotopic (exact) mass is 268 g/mol. The number of nitrogens with zero attached hydrogens (tertiary/aromatic N) is 4. The van der Waals surface area contributed by atoms with Crippen LogP contribution in [0, 0.1) is 6.92 Å². The third-order valence-electron chi connectivity index (χ3n) is 2.33. The average molecular weight is 269 g/mol. The summed E-state index contributed by atoms with van der Waals surface area (Å²) in [6.45, 7) is 2.70. The van der Waals surface area contributed by atoms with Gasteiger partial charge in [-0.25, -0.2) is 15.0 Å². The standard InChI is InChI=1S/C11H13ClN4S/c1-8-14-9(12)7-10(15-8)16(2)5-3-11-13-4-6-17-11/h4,6-7H,3,5H2,1-2H3. The van der Waals surface area contributed by atoms with Gasteiger partial charge in [0.05, 0.1) is 5.01 Å². The van der Waals surface area contributed by atoms with Crippen molar-refractivity contribution in [2.45, 2.75) is 13.3 Å². The molecule has 0 amide bonds.